The van der Waals surface area contributed by atoms with Crippen molar-refractivity contribution in [1.82, 2.24) is 10.3 Å². The summed E-state index contributed by atoms with van der Waals surface area (Å²) < 4.78 is 13.3. The molecule has 3 N–H and O–H groups in total. The van der Waals surface area contributed by atoms with E-state index < -0.39 is 5.60 Å². The number of halogens is 1. The number of thioether (sulfide) groups is 1. The van der Waals surface area contributed by atoms with Crippen molar-refractivity contribution in [2.24, 2.45) is 0 Å². The Bertz CT molecular complexity index is 735. The molecule has 24 heavy (non-hydrogen) atoms. The molecule has 1 atom stereocenters. The van der Waals surface area contributed by atoms with Crippen LogP contribution in [0.1, 0.15) is 16.8 Å². The highest BCUT2D eigenvalue weighted by molar-refractivity contribution is 7.99. The summed E-state index contributed by atoms with van der Waals surface area (Å²) in [5.74, 6) is 1.16. The van der Waals surface area contributed by atoms with Crippen molar-refractivity contribution < 1.29 is 14.3 Å². The zero-order chi connectivity index (χ0) is 17.0. The molecule has 5 nitrogen and oxygen atoms in total. The Morgan fingerprint density at radius 3 is 3.00 bits per heavy atom. The predicted octanol–water partition coefficient (Wildman–Crippen LogP) is 2.56. The van der Waals surface area contributed by atoms with Gasteiger partial charge in [-0.15, -0.1) is 0 Å². The number of hydrogen-bond donors (Lipinski definition) is 3. The number of aliphatic hydroxyl groups is 1. The van der Waals surface area contributed by atoms with Crippen molar-refractivity contribution in [3.05, 3.63) is 54.0 Å². The van der Waals surface area contributed by atoms with E-state index in [1.54, 1.807) is 42.2 Å². The largest absolute Gasteiger partial charge is 0.387 e. The van der Waals surface area contributed by atoms with E-state index in [1.165, 1.54) is 12.1 Å². The summed E-state index contributed by atoms with van der Waals surface area (Å²) in [5, 5.41) is 16.0. The van der Waals surface area contributed by atoms with Crippen molar-refractivity contribution in [3.8, 4) is 0 Å². The van der Waals surface area contributed by atoms with Gasteiger partial charge in [0.2, 0.25) is 0 Å². The monoisotopic (exact) mass is 347 g/mol. The second-order valence-corrected chi connectivity index (χ2v) is 6.85. The lowest BCUT2D eigenvalue weighted by molar-refractivity contribution is 0.0613. The molecule has 1 aliphatic rings. The normalized spacial score (nSPS) is 19.9. The fourth-order valence-electron chi connectivity index (χ4n) is 2.47. The average Bonchev–Trinajstić information content (AvgIpc) is 3.00. The smallest absolute Gasteiger partial charge is 0.255 e. The molecule has 2 heterocycles. The van der Waals surface area contributed by atoms with Crippen LogP contribution in [0.5, 0.6) is 0 Å². The number of nitrogens with one attached hydrogen (secondary N) is 2. The SMILES string of the molecule is O=C(NCC1(O)CCSC1)c1cccnc1Nc1cccc(F)c1. The molecule has 3 rings (SSSR count). The van der Waals surface area contributed by atoms with E-state index in [2.05, 4.69) is 15.6 Å². The van der Waals surface area contributed by atoms with Gasteiger partial charge in [-0.25, -0.2) is 9.37 Å². The summed E-state index contributed by atoms with van der Waals surface area (Å²) in [5.41, 5.74) is 0.00294. The molecule has 7 heteroatoms. The Balaban J connectivity index is 1.72. The minimum atomic E-state index is -0.849. The number of nitrogens with zero attached hydrogens (tertiary/aromatic N) is 1. The first-order valence-corrected chi connectivity index (χ1v) is 8.77. The lowest BCUT2D eigenvalue weighted by Crippen LogP contribution is -2.43. The van der Waals surface area contributed by atoms with Crippen LogP contribution in [-0.2, 0) is 0 Å². The summed E-state index contributed by atoms with van der Waals surface area (Å²) in [6, 6.07) is 9.24. The zero-order valence-corrected chi connectivity index (χ0v) is 13.8. The Labute approximate surface area is 143 Å². The third kappa shape index (κ3) is 4.04. The molecule has 1 unspecified atom stereocenters. The van der Waals surface area contributed by atoms with Crippen LogP contribution in [0, 0.1) is 5.82 Å². The van der Waals surface area contributed by atoms with Gasteiger partial charge in [-0.2, -0.15) is 11.8 Å². The van der Waals surface area contributed by atoms with Crippen LogP contribution in [0.3, 0.4) is 0 Å². The molecule has 0 saturated carbocycles. The van der Waals surface area contributed by atoms with E-state index in [0.29, 0.717) is 29.2 Å². The molecule has 0 bridgehead atoms. The molecule has 0 radical (unpaired) electrons. The van der Waals surface area contributed by atoms with E-state index >= 15 is 0 Å². The summed E-state index contributed by atoms with van der Waals surface area (Å²) in [6.45, 7) is 0.202. The molecule has 1 aliphatic heterocycles. The van der Waals surface area contributed by atoms with E-state index in [9.17, 15) is 14.3 Å². The number of anilines is 2. The highest BCUT2D eigenvalue weighted by Gasteiger charge is 2.32. The predicted molar refractivity (Wildman–Crippen MR) is 93.1 cm³/mol. The summed E-state index contributed by atoms with van der Waals surface area (Å²) in [6.07, 6.45) is 2.22. The van der Waals surface area contributed by atoms with Crippen LogP contribution in [0.25, 0.3) is 0 Å². The minimum Gasteiger partial charge on any atom is -0.387 e. The number of hydrogen-bond acceptors (Lipinski definition) is 5. The third-order valence-corrected chi connectivity index (χ3v) is 5.03. The van der Waals surface area contributed by atoms with Crippen molar-refractivity contribution in [1.29, 1.82) is 0 Å². The van der Waals surface area contributed by atoms with Crippen LogP contribution in [0.15, 0.2) is 42.6 Å². The molecule has 1 amide bonds. The third-order valence-electron chi connectivity index (χ3n) is 3.80. The molecule has 1 aromatic carbocycles. The molecule has 0 spiro atoms. The van der Waals surface area contributed by atoms with Gasteiger partial charge in [0.05, 0.1) is 11.2 Å². The van der Waals surface area contributed by atoms with E-state index in [-0.39, 0.29) is 18.3 Å². The second kappa shape index (κ2) is 7.19. The van der Waals surface area contributed by atoms with Crippen LogP contribution in [-0.4, -0.2) is 39.6 Å². The van der Waals surface area contributed by atoms with Crippen LogP contribution in [0.4, 0.5) is 15.9 Å². The summed E-state index contributed by atoms with van der Waals surface area (Å²) >= 11 is 1.67. The van der Waals surface area contributed by atoms with E-state index in [1.807, 2.05) is 0 Å². The standard InChI is InChI=1S/C17H18FN3O2S/c18-12-3-1-4-13(9-12)21-15-14(5-2-7-19-15)16(22)20-10-17(23)6-8-24-11-17/h1-5,7,9,23H,6,8,10-11H2,(H,19,21)(H,20,22). The second-order valence-electron chi connectivity index (χ2n) is 5.74. The Hall–Kier alpha value is -2.12. The number of rotatable bonds is 5. The Morgan fingerprint density at radius 1 is 1.38 bits per heavy atom. The van der Waals surface area contributed by atoms with E-state index in [4.69, 9.17) is 0 Å². The fraction of sp³-hybridized carbons (Fsp3) is 0.294. The number of amides is 1. The highest BCUT2D eigenvalue weighted by atomic mass is 32.2. The topological polar surface area (TPSA) is 74.2 Å². The maximum absolute atomic E-state index is 13.3. The van der Waals surface area contributed by atoms with Crippen LogP contribution in [0.2, 0.25) is 0 Å². The molecule has 1 saturated heterocycles. The molecule has 126 valence electrons. The first kappa shape index (κ1) is 16.7. The van der Waals surface area contributed by atoms with Crippen molar-refractivity contribution in [3.63, 3.8) is 0 Å². The number of carbonyl (C=O) groups excluding carboxylic acids is 1. The van der Waals surface area contributed by atoms with Crippen molar-refractivity contribution >= 4 is 29.2 Å². The van der Waals surface area contributed by atoms with Gasteiger partial charge < -0.3 is 15.7 Å². The minimum absolute atomic E-state index is 0.202. The quantitative estimate of drug-likeness (QED) is 0.775. The van der Waals surface area contributed by atoms with Gasteiger partial charge in [-0.3, -0.25) is 4.79 Å². The van der Waals surface area contributed by atoms with Gasteiger partial charge in [0.15, 0.2) is 0 Å². The number of benzene rings is 1. The number of pyridine rings is 1. The lowest BCUT2D eigenvalue weighted by atomic mass is 10.0. The van der Waals surface area contributed by atoms with Gasteiger partial charge in [0, 0.05) is 24.2 Å². The summed E-state index contributed by atoms with van der Waals surface area (Å²) in [4.78, 5) is 16.6. The number of carbonyl (C=O) groups is 1. The van der Waals surface area contributed by atoms with Crippen molar-refractivity contribution in [2.75, 3.05) is 23.4 Å². The summed E-state index contributed by atoms with van der Waals surface area (Å²) in [7, 11) is 0. The first-order chi connectivity index (χ1) is 11.6. The molecular weight excluding hydrogens is 329 g/mol. The Kier molecular flexibility index (Phi) is 5.01. The van der Waals surface area contributed by atoms with Crippen molar-refractivity contribution in [2.45, 2.75) is 12.0 Å². The van der Waals surface area contributed by atoms with E-state index in [0.717, 1.165) is 5.75 Å². The van der Waals surface area contributed by atoms with Gasteiger partial charge >= 0.3 is 0 Å². The van der Waals surface area contributed by atoms with Crippen LogP contribution < -0.4 is 10.6 Å². The zero-order valence-electron chi connectivity index (χ0n) is 13.0. The highest BCUT2D eigenvalue weighted by Crippen LogP contribution is 2.27. The fourth-order valence-corrected chi connectivity index (χ4v) is 3.76. The molecule has 1 fully saturated rings. The van der Waals surface area contributed by atoms with Crippen LogP contribution >= 0.6 is 11.8 Å². The molecular formula is C17H18FN3O2S. The maximum atomic E-state index is 13.3. The maximum Gasteiger partial charge on any atom is 0.255 e. The van der Waals surface area contributed by atoms with Gasteiger partial charge in [-0.05, 0) is 42.5 Å². The molecule has 1 aromatic heterocycles. The van der Waals surface area contributed by atoms with Gasteiger partial charge in [0.1, 0.15) is 11.6 Å². The molecule has 0 aliphatic carbocycles. The average molecular weight is 347 g/mol. The first-order valence-electron chi connectivity index (χ1n) is 7.62. The Morgan fingerprint density at radius 2 is 2.25 bits per heavy atom. The number of aromatic nitrogens is 1. The molecule has 2 aromatic rings. The van der Waals surface area contributed by atoms with Gasteiger partial charge in [-0.1, -0.05) is 6.07 Å². The van der Waals surface area contributed by atoms with Gasteiger partial charge in [0.25, 0.3) is 5.91 Å². The lowest BCUT2D eigenvalue weighted by Gasteiger charge is -2.21.